The van der Waals surface area contributed by atoms with Crippen LogP contribution in [0.5, 0.6) is 0 Å². The molecule has 5 heteroatoms. The van der Waals surface area contributed by atoms with Crippen LogP contribution in [-0.4, -0.2) is 34.9 Å². The number of aromatic nitrogens is 3. The largest absolute Gasteiger partial charge is 0.385 e. The van der Waals surface area contributed by atoms with Crippen molar-refractivity contribution in [3.8, 4) is 0 Å². The summed E-state index contributed by atoms with van der Waals surface area (Å²) in [5.74, 6) is 0.883. The topological polar surface area (TPSA) is 51.5 Å². The summed E-state index contributed by atoms with van der Waals surface area (Å²) in [6.07, 6.45) is 4.64. The molecular weight excluding hydrogens is 240 g/mol. The first kappa shape index (κ1) is 13.8. The highest BCUT2D eigenvalue weighted by Crippen LogP contribution is 2.22. The van der Waals surface area contributed by atoms with E-state index in [4.69, 9.17) is 4.74 Å². The maximum atomic E-state index is 5.15. The summed E-state index contributed by atoms with van der Waals surface area (Å²) < 4.78 is 7.00. The van der Waals surface area contributed by atoms with Gasteiger partial charge in [0.1, 0.15) is 5.52 Å². The molecule has 2 aromatic heterocycles. The number of nitrogens with zero attached hydrogens (tertiary/aromatic N) is 3. The Hall–Kier alpha value is -1.62. The van der Waals surface area contributed by atoms with Crippen LogP contribution in [0.1, 0.15) is 26.0 Å². The van der Waals surface area contributed by atoms with Crippen LogP contribution in [0, 0.1) is 12.3 Å². The van der Waals surface area contributed by atoms with E-state index in [-0.39, 0.29) is 5.41 Å². The first-order valence-corrected chi connectivity index (χ1v) is 6.56. The second kappa shape index (κ2) is 5.57. The second-order valence-corrected chi connectivity index (χ2v) is 5.65. The monoisotopic (exact) mass is 262 g/mol. The van der Waals surface area contributed by atoms with Crippen LogP contribution in [0.4, 0.5) is 5.82 Å². The highest BCUT2D eigenvalue weighted by Gasteiger charge is 2.18. The smallest absolute Gasteiger partial charge is 0.152 e. The van der Waals surface area contributed by atoms with Gasteiger partial charge in [-0.05, 0) is 24.8 Å². The van der Waals surface area contributed by atoms with Gasteiger partial charge in [0.25, 0.3) is 0 Å². The Kier molecular flexibility index (Phi) is 4.04. The van der Waals surface area contributed by atoms with E-state index in [1.165, 1.54) is 0 Å². The molecule has 0 aliphatic heterocycles. The van der Waals surface area contributed by atoms with Crippen molar-refractivity contribution in [2.45, 2.75) is 27.2 Å². The molecule has 0 atom stereocenters. The van der Waals surface area contributed by atoms with Crippen molar-refractivity contribution >= 4 is 11.3 Å². The number of aryl methyl sites for hydroxylation is 1. The van der Waals surface area contributed by atoms with Gasteiger partial charge in [0.15, 0.2) is 5.82 Å². The summed E-state index contributed by atoms with van der Waals surface area (Å²) in [5, 5.41) is 7.81. The lowest BCUT2D eigenvalue weighted by Crippen LogP contribution is -2.25. The van der Waals surface area contributed by atoms with Crippen molar-refractivity contribution in [3.63, 3.8) is 0 Å². The van der Waals surface area contributed by atoms with Crippen LogP contribution in [0.15, 0.2) is 18.5 Å². The summed E-state index contributed by atoms with van der Waals surface area (Å²) >= 11 is 0. The van der Waals surface area contributed by atoms with E-state index < -0.39 is 0 Å². The van der Waals surface area contributed by atoms with E-state index in [0.29, 0.717) is 0 Å². The predicted molar refractivity (Wildman–Crippen MR) is 76.5 cm³/mol. The molecule has 0 unspecified atom stereocenters. The molecule has 2 heterocycles. The number of rotatable bonds is 6. The molecule has 1 N–H and O–H groups in total. The van der Waals surface area contributed by atoms with Gasteiger partial charge in [0.05, 0.1) is 5.69 Å². The van der Waals surface area contributed by atoms with E-state index in [0.717, 1.165) is 36.6 Å². The molecule has 0 aliphatic carbocycles. The standard InChI is InChI=1S/C14H22N4O/c1-11-9-12-13(15-6-7-18(12)17-11)16-10-14(2,3)5-8-19-4/h6-7,9H,5,8,10H2,1-4H3,(H,15,16). The van der Waals surface area contributed by atoms with Gasteiger partial charge in [-0.15, -0.1) is 0 Å². The van der Waals surface area contributed by atoms with Gasteiger partial charge in [-0.1, -0.05) is 13.8 Å². The molecule has 0 amide bonds. The van der Waals surface area contributed by atoms with Crippen molar-refractivity contribution in [2.75, 3.05) is 25.6 Å². The third-order valence-electron chi connectivity index (χ3n) is 3.23. The zero-order valence-corrected chi connectivity index (χ0v) is 12.1. The third-order valence-corrected chi connectivity index (χ3v) is 3.23. The van der Waals surface area contributed by atoms with Crippen molar-refractivity contribution in [2.24, 2.45) is 5.41 Å². The van der Waals surface area contributed by atoms with Gasteiger partial charge in [0, 0.05) is 32.7 Å². The second-order valence-electron chi connectivity index (χ2n) is 5.65. The lowest BCUT2D eigenvalue weighted by molar-refractivity contribution is 0.157. The van der Waals surface area contributed by atoms with Crippen molar-refractivity contribution in [3.05, 3.63) is 24.2 Å². The first-order chi connectivity index (χ1) is 9.02. The molecule has 0 aliphatic rings. The lowest BCUT2D eigenvalue weighted by Gasteiger charge is -2.24. The minimum Gasteiger partial charge on any atom is -0.385 e. The zero-order valence-electron chi connectivity index (χ0n) is 12.1. The fourth-order valence-electron chi connectivity index (χ4n) is 1.97. The molecule has 0 saturated heterocycles. The van der Waals surface area contributed by atoms with Crippen LogP contribution >= 0.6 is 0 Å². The molecule has 0 fully saturated rings. The Morgan fingerprint density at radius 1 is 1.42 bits per heavy atom. The average molecular weight is 262 g/mol. The maximum Gasteiger partial charge on any atom is 0.152 e. The van der Waals surface area contributed by atoms with Crippen LogP contribution in [0.25, 0.3) is 5.52 Å². The normalized spacial score (nSPS) is 12.0. The number of hydrogen-bond donors (Lipinski definition) is 1. The summed E-state index contributed by atoms with van der Waals surface area (Å²) in [7, 11) is 1.74. The van der Waals surface area contributed by atoms with Gasteiger partial charge < -0.3 is 10.1 Å². The first-order valence-electron chi connectivity index (χ1n) is 6.56. The number of nitrogens with one attached hydrogen (secondary N) is 1. The van der Waals surface area contributed by atoms with E-state index >= 15 is 0 Å². The SMILES string of the molecule is COCCC(C)(C)CNc1nccn2nc(C)cc12. The van der Waals surface area contributed by atoms with Crippen LogP contribution in [0.3, 0.4) is 0 Å². The molecule has 0 radical (unpaired) electrons. The molecule has 0 spiro atoms. The number of fused-ring (bicyclic) bond motifs is 1. The number of methoxy groups -OCH3 is 1. The lowest BCUT2D eigenvalue weighted by atomic mass is 9.90. The molecule has 2 rings (SSSR count). The van der Waals surface area contributed by atoms with Crippen molar-refractivity contribution in [1.82, 2.24) is 14.6 Å². The van der Waals surface area contributed by atoms with E-state index in [1.54, 1.807) is 13.3 Å². The molecule has 5 nitrogen and oxygen atoms in total. The maximum absolute atomic E-state index is 5.15. The molecule has 0 aromatic carbocycles. The average Bonchev–Trinajstić information content (AvgIpc) is 2.74. The Morgan fingerprint density at radius 2 is 2.21 bits per heavy atom. The quantitative estimate of drug-likeness (QED) is 0.869. The van der Waals surface area contributed by atoms with Gasteiger partial charge in [-0.3, -0.25) is 0 Å². The Labute approximate surface area is 114 Å². The van der Waals surface area contributed by atoms with Crippen LogP contribution in [-0.2, 0) is 4.74 Å². The summed E-state index contributed by atoms with van der Waals surface area (Å²) in [6, 6.07) is 2.04. The fraction of sp³-hybridized carbons (Fsp3) is 0.571. The summed E-state index contributed by atoms with van der Waals surface area (Å²) in [5.41, 5.74) is 2.18. The number of ether oxygens (including phenoxy) is 1. The van der Waals surface area contributed by atoms with Crippen molar-refractivity contribution < 1.29 is 4.74 Å². The van der Waals surface area contributed by atoms with Crippen molar-refractivity contribution in [1.29, 1.82) is 0 Å². The molecule has 104 valence electrons. The highest BCUT2D eigenvalue weighted by atomic mass is 16.5. The minimum atomic E-state index is 0.166. The van der Waals surface area contributed by atoms with Gasteiger partial charge in [-0.25, -0.2) is 9.50 Å². The number of anilines is 1. The van der Waals surface area contributed by atoms with E-state index in [1.807, 2.05) is 23.7 Å². The van der Waals surface area contributed by atoms with Gasteiger partial charge in [-0.2, -0.15) is 5.10 Å². The predicted octanol–water partition coefficient (Wildman–Crippen LogP) is 2.51. The third kappa shape index (κ3) is 3.44. The Morgan fingerprint density at radius 3 is 2.95 bits per heavy atom. The van der Waals surface area contributed by atoms with Crippen LogP contribution < -0.4 is 5.32 Å². The number of hydrogen-bond acceptors (Lipinski definition) is 4. The molecule has 19 heavy (non-hydrogen) atoms. The summed E-state index contributed by atoms with van der Waals surface area (Å²) in [4.78, 5) is 4.40. The molecule has 0 bridgehead atoms. The molecular formula is C14H22N4O. The Bertz CT molecular complexity index is 547. The molecule has 2 aromatic rings. The van der Waals surface area contributed by atoms with Gasteiger partial charge >= 0.3 is 0 Å². The fourth-order valence-corrected chi connectivity index (χ4v) is 1.97. The van der Waals surface area contributed by atoms with Gasteiger partial charge in [0.2, 0.25) is 0 Å². The zero-order chi connectivity index (χ0) is 13.9. The highest BCUT2D eigenvalue weighted by molar-refractivity contribution is 5.67. The van der Waals surface area contributed by atoms with E-state index in [9.17, 15) is 0 Å². The van der Waals surface area contributed by atoms with Crippen LogP contribution in [0.2, 0.25) is 0 Å². The molecule has 0 saturated carbocycles. The summed E-state index contributed by atoms with van der Waals surface area (Å²) in [6.45, 7) is 8.06. The minimum absolute atomic E-state index is 0.166. The Balaban J connectivity index is 2.09. The van der Waals surface area contributed by atoms with E-state index in [2.05, 4.69) is 29.2 Å².